The average Bonchev–Trinajstić information content (AvgIpc) is 2.80. The molecule has 3 aromatic rings. The van der Waals surface area contributed by atoms with Crippen molar-refractivity contribution in [1.82, 2.24) is 14.3 Å². The lowest BCUT2D eigenvalue weighted by molar-refractivity contribution is -0.383. The summed E-state index contributed by atoms with van der Waals surface area (Å²) >= 11 is 0. The Bertz CT molecular complexity index is 1280. The van der Waals surface area contributed by atoms with Gasteiger partial charge in [0.05, 0.1) is 22.6 Å². The maximum absolute atomic E-state index is 12.7. The molecular weight excluding hydrogens is 460 g/mol. The van der Waals surface area contributed by atoms with Gasteiger partial charge >= 0.3 is 5.69 Å². The van der Waals surface area contributed by atoms with Gasteiger partial charge in [-0.2, -0.15) is 4.31 Å². The van der Waals surface area contributed by atoms with Crippen LogP contribution in [0.2, 0.25) is 0 Å². The molecule has 0 bridgehead atoms. The number of anilines is 4. The van der Waals surface area contributed by atoms with Gasteiger partial charge in [-0.05, 0) is 48.9 Å². The molecule has 1 aromatic heterocycles. The van der Waals surface area contributed by atoms with Gasteiger partial charge in [0.1, 0.15) is 12.1 Å². The summed E-state index contributed by atoms with van der Waals surface area (Å²) in [5.41, 5.74) is 1.50. The van der Waals surface area contributed by atoms with Gasteiger partial charge in [0.2, 0.25) is 21.7 Å². The second kappa shape index (κ2) is 10.4. The number of nitro groups is 1. The van der Waals surface area contributed by atoms with Crippen LogP contribution in [0, 0.1) is 17.0 Å². The molecule has 0 aliphatic heterocycles. The monoisotopic (exact) mass is 486 g/mol. The zero-order chi connectivity index (χ0) is 24.9. The Hall–Kier alpha value is -3.77. The molecule has 0 radical (unpaired) electrons. The minimum absolute atomic E-state index is 0.0212. The topological polar surface area (TPSA) is 140 Å². The van der Waals surface area contributed by atoms with Gasteiger partial charge in [0, 0.05) is 18.8 Å². The first kappa shape index (κ1) is 24.9. The van der Waals surface area contributed by atoms with Gasteiger partial charge < -0.3 is 15.4 Å². The van der Waals surface area contributed by atoms with Gasteiger partial charge in [-0.1, -0.05) is 19.9 Å². The highest BCUT2D eigenvalue weighted by Crippen LogP contribution is 2.36. The molecule has 1 heterocycles. The van der Waals surface area contributed by atoms with Crippen LogP contribution in [-0.4, -0.2) is 47.8 Å². The number of rotatable bonds is 10. The molecule has 0 atom stereocenters. The molecule has 0 aliphatic carbocycles. The number of hydrogen-bond donors (Lipinski definition) is 2. The fraction of sp³-hybridized carbons (Fsp3) is 0.273. The van der Waals surface area contributed by atoms with E-state index in [0.717, 1.165) is 5.56 Å². The fourth-order valence-corrected chi connectivity index (χ4v) is 4.80. The summed E-state index contributed by atoms with van der Waals surface area (Å²) in [5.74, 6) is 0.429. The van der Waals surface area contributed by atoms with E-state index >= 15 is 0 Å². The van der Waals surface area contributed by atoms with Gasteiger partial charge in [-0.25, -0.2) is 18.4 Å². The molecule has 2 N–H and O–H groups in total. The third-order valence-electron chi connectivity index (χ3n) is 5.07. The fourth-order valence-electron chi connectivity index (χ4n) is 3.34. The van der Waals surface area contributed by atoms with Gasteiger partial charge in [0.15, 0.2) is 0 Å². The van der Waals surface area contributed by atoms with E-state index < -0.39 is 14.9 Å². The Balaban J connectivity index is 1.93. The number of hydrogen-bond acceptors (Lipinski definition) is 9. The normalized spacial score (nSPS) is 11.3. The molecule has 0 fully saturated rings. The van der Waals surface area contributed by atoms with Gasteiger partial charge in [-0.15, -0.1) is 0 Å². The first-order valence-electron chi connectivity index (χ1n) is 10.5. The van der Waals surface area contributed by atoms with Crippen molar-refractivity contribution in [2.75, 3.05) is 30.8 Å². The summed E-state index contributed by atoms with van der Waals surface area (Å²) in [6.07, 6.45) is 1.19. The van der Waals surface area contributed by atoms with E-state index in [1.807, 2.05) is 13.0 Å². The van der Waals surface area contributed by atoms with Crippen LogP contribution < -0.4 is 15.4 Å². The predicted molar refractivity (Wildman–Crippen MR) is 130 cm³/mol. The Morgan fingerprint density at radius 2 is 1.65 bits per heavy atom. The standard InChI is InChI=1S/C22H26N6O5S/c1-5-27(6-2)34(31,32)17-10-8-16(9-11-17)25-21-20(28(29)30)22(24-14-23-21)26-18-13-15(3)7-12-19(18)33-4/h7-14H,5-6H2,1-4H3,(H2,23,24,25,26). The van der Waals surface area contributed by atoms with Crippen LogP contribution in [0.25, 0.3) is 0 Å². The van der Waals surface area contributed by atoms with Crippen molar-refractivity contribution in [2.24, 2.45) is 0 Å². The molecule has 0 unspecified atom stereocenters. The molecule has 3 rings (SSSR count). The second-order valence-electron chi connectivity index (χ2n) is 7.24. The molecule has 11 nitrogen and oxygen atoms in total. The Morgan fingerprint density at radius 1 is 1.03 bits per heavy atom. The SMILES string of the molecule is CCN(CC)S(=O)(=O)c1ccc(Nc2ncnc(Nc3cc(C)ccc3OC)c2[N+](=O)[O-])cc1. The van der Waals surface area contributed by atoms with Crippen LogP contribution >= 0.6 is 0 Å². The third kappa shape index (κ3) is 5.24. The van der Waals surface area contributed by atoms with Crippen LogP contribution in [-0.2, 0) is 10.0 Å². The Morgan fingerprint density at radius 3 is 2.21 bits per heavy atom. The average molecular weight is 487 g/mol. The van der Waals surface area contributed by atoms with Gasteiger partial charge in [0.25, 0.3) is 0 Å². The first-order valence-corrected chi connectivity index (χ1v) is 11.9. The summed E-state index contributed by atoms with van der Waals surface area (Å²) in [7, 11) is -2.11. The van der Waals surface area contributed by atoms with E-state index in [2.05, 4.69) is 20.6 Å². The lowest BCUT2D eigenvalue weighted by atomic mass is 10.2. The summed E-state index contributed by atoms with van der Waals surface area (Å²) in [5, 5.41) is 17.7. The number of benzene rings is 2. The highest BCUT2D eigenvalue weighted by Gasteiger charge is 2.25. The molecule has 0 aliphatic rings. The lowest BCUT2D eigenvalue weighted by Crippen LogP contribution is -2.30. The van der Waals surface area contributed by atoms with E-state index in [-0.39, 0.29) is 22.2 Å². The van der Waals surface area contributed by atoms with E-state index in [4.69, 9.17) is 4.74 Å². The van der Waals surface area contributed by atoms with E-state index in [1.165, 1.54) is 42.0 Å². The number of aryl methyl sites for hydroxylation is 1. The lowest BCUT2D eigenvalue weighted by Gasteiger charge is -2.18. The van der Waals surface area contributed by atoms with Crippen molar-refractivity contribution in [3.8, 4) is 5.75 Å². The van der Waals surface area contributed by atoms with Crippen molar-refractivity contribution in [2.45, 2.75) is 25.7 Å². The van der Waals surface area contributed by atoms with Gasteiger partial charge in [-0.3, -0.25) is 10.1 Å². The van der Waals surface area contributed by atoms with Crippen molar-refractivity contribution >= 4 is 38.7 Å². The number of aromatic nitrogens is 2. The number of ether oxygens (including phenoxy) is 1. The van der Waals surface area contributed by atoms with Crippen LogP contribution in [0.15, 0.2) is 53.7 Å². The summed E-state index contributed by atoms with van der Waals surface area (Å²) in [4.78, 5) is 19.5. The minimum atomic E-state index is -3.61. The van der Waals surface area contributed by atoms with Crippen molar-refractivity contribution in [1.29, 1.82) is 0 Å². The number of nitrogens with one attached hydrogen (secondary N) is 2. The quantitative estimate of drug-likeness (QED) is 0.318. The van der Waals surface area contributed by atoms with Crippen molar-refractivity contribution in [3.05, 3.63) is 64.5 Å². The largest absolute Gasteiger partial charge is 0.495 e. The van der Waals surface area contributed by atoms with Crippen LogP contribution in [0.1, 0.15) is 19.4 Å². The van der Waals surface area contributed by atoms with Crippen molar-refractivity contribution < 1.29 is 18.1 Å². The molecule has 12 heteroatoms. The first-order chi connectivity index (χ1) is 16.2. The Labute approximate surface area is 198 Å². The van der Waals surface area contributed by atoms with Crippen LogP contribution in [0.5, 0.6) is 5.75 Å². The molecule has 0 amide bonds. The molecule has 180 valence electrons. The molecular formula is C22H26N6O5S. The van der Waals surface area contributed by atoms with Crippen LogP contribution in [0.4, 0.5) is 28.7 Å². The molecule has 34 heavy (non-hydrogen) atoms. The summed E-state index contributed by atoms with van der Waals surface area (Å²) in [6, 6.07) is 11.3. The van der Waals surface area contributed by atoms with Crippen molar-refractivity contribution in [3.63, 3.8) is 0 Å². The molecule has 0 saturated carbocycles. The summed E-state index contributed by atoms with van der Waals surface area (Å²) in [6.45, 7) is 6.13. The zero-order valence-corrected chi connectivity index (χ0v) is 20.1. The molecule has 2 aromatic carbocycles. The number of nitrogens with zero attached hydrogens (tertiary/aromatic N) is 4. The van der Waals surface area contributed by atoms with Crippen LogP contribution in [0.3, 0.4) is 0 Å². The van der Waals surface area contributed by atoms with E-state index in [9.17, 15) is 18.5 Å². The maximum Gasteiger partial charge on any atom is 0.353 e. The van der Waals surface area contributed by atoms with E-state index in [1.54, 1.807) is 26.0 Å². The Kier molecular flexibility index (Phi) is 7.64. The number of sulfonamides is 1. The highest BCUT2D eigenvalue weighted by molar-refractivity contribution is 7.89. The minimum Gasteiger partial charge on any atom is -0.495 e. The highest BCUT2D eigenvalue weighted by atomic mass is 32.2. The molecule has 0 spiro atoms. The van der Waals surface area contributed by atoms with E-state index in [0.29, 0.717) is 30.2 Å². The maximum atomic E-state index is 12.7. The molecule has 0 saturated heterocycles. The zero-order valence-electron chi connectivity index (χ0n) is 19.3. The second-order valence-corrected chi connectivity index (χ2v) is 9.18. The summed E-state index contributed by atoms with van der Waals surface area (Å²) < 4.78 is 32.0. The third-order valence-corrected chi connectivity index (χ3v) is 7.14. The predicted octanol–water partition coefficient (Wildman–Crippen LogP) is 4.22. The smallest absolute Gasteiger partial charge is 0.353 e. The number of methoxy groups -OCH3 is 1.